The molecular formula is C17H22N2O. The second-order valence-electron chi connectivity index (χ2n) is 6.50. The number of nitrogens with one attached hydrogen (secondary N) is 1. The van der Waals surface area contributed by atoms with Gasteiger partial charge in [0.25, 0.3) is 0 Å². The molecule has 0 spiro atoms. The van der Waals surface area contributed by atoms with Crippen molar-refractivity contribution in [1.29, 1.82) is 0 Å². The lowest BCUT2D eigenvalue weighted by Crippen LogP contribution is -2.41. The summed E-state index contributed by atoms with van der Waals surface area (Å²) in [5.41, 5.74) is 1.34. The summed E-state index contributed by atoms with van der Waals surface area (Å²) >= 11 is 0. The van der Waals surface area contributed by atoms with Gasteiger partial charge in [0.15, 0.2) is 0 Å². The number of carbonyl (C=O) groups is 1. The first-order valence-electron chi connectivity index (χ1n) is 7.94. The van der Waals surface area contributed by atoms with Gasteiger partial charge in [-0.1, -0.05) is 30.3 Å². The van der Waals surface area contributed by atoms with E-state index >= 15 is 0 Å². The van der Waals surface area contributed by atoms with E-state index in [0.29, 0.717) is 18.0 Å². The first-order valence-corrected chi connectivity index (χ1v) is 7.94. The Labute approximate surface area is 120 Å². The number of hydrogen-bond acceptors (Lipinski definition) is 2. The van der Waals surface area contributed by atoms with Crippen molar-refractivity contribution in [3.63, 3.8) is 0 Å². The number of carbonyl (C=O) groups excluding carboxylic acids is 1. The Hall–Kier alpha value is -1.35. The quantitative estimate of drug-likeness (QED) is 0.891. The average molecular weight is 270 g/mol. The molecule has 20 heavy (non-hydrogen) atoms. The summed E-state index contributed by atoms with van der Waals surface area (Å²) in [6.45, 7) is 0.952. The molecule has 1 heterocycles. The normalized spacial score (nSPS) is 27.9. The van der Waals surface area contributed by atoms with Gasteiger partial charge in [0.05, 0.1) is 6.04 Å². The minimum Gasteiger partial charge on any atom is -0.338 e. The van der Waals surface area contributed by atoms with Crippen molar-refractivity contribution in [2.45, 2.75) is 50.2 Å². The smallest absolute Gasteiger partial charge is 0.240 e. The zero-order chi connectivity index (χ0) is 13.5. The molecule has 0 bridgehead atoms. The molecule has 1 aromatic rings. The molecule has 1 aromatic carbocycles. The Balaban J connectivity index is 1.47. The van der Waals surface area contributed by atoms with Crippen LogP contribution in [0.15, 0.2) is 30.3 Å². The Morgan fingerprint density at radius 3 is 2.45 bits per heavy atom. The lowest BCUT2D eigenvalue weighted by atomic mass is 10.0. The van der Waals surface area contributed by atoms with Gasteiger partial charge in [-0.2, -0.15) is 0 Å². The van der Waals surface area contributed by atoms with Gasteiger partial charge in [-0.25, -0.2) is 0 Å². The highest BCUT2D eigenvalue weighted by Gasteiger charge is 2.42. The highest BCUT2D eigenvalue weighted by atomic mass is 16.2. The Morgan fingerprint density at radius 2 is 1.80 bits per heavy atom. The van der Waals surface area contributed by atoms with Crippen LogP contribution >= 0.6 is 0 Å². The zero-order valence-electron chi connectivity index (χ0n) is 11.8. The van der Waals surface area contributed by atoms with Crippen molar-refractivity contribution >= 4 is 5.91 Å². The van der Waals surface area contributed by atoms with Crippen LogP contribution in [-0.4, -0.2) is 29.4 Å². The van der Waals surface area contributed by atoms with E-state index < -0.39 is 0 Å². The first-order chi connectivity index (χ1) is 9.83. The monoisotopic (exact) mass is 270 g/mol. The van der Waals surface area contributed by atoms with Gasteiger partial charge in [0.2, 0.25) is 5.91 Å². The van der Waals surface area contributed by atoms with Crippen LogP contribution in [0.2, 0.25) is 0 Å². The van der Waals surface area contributed by atoms with Gasteiger partial charge >= 0.3 is 0 Å². The summed E-state index contributed by atoms with van der Waals surface area (Å²) in [7, 11) is 0. The van der Waals surface area contributed by atoms with E-state index in [9.17, 15) is 4.79 Å². The van der Waals surface area contributed by atoms with Crippen LogP contribution < -0.4 is 5.32 Å². The SMILES string of the molecule is O=C1[C@H](N[C@@H](c2ccccc2)C2CC2)CCN1C1CC1. The largest absolute Gasteiger partial charge is 0.338 e. The second-order valence-corrected chi connectivity index (χ2v) is 6.50. The third-order valence-electron chi connectivity index (χ3n) is 4.86. The molecule has 1 aliphatic heterocycles. The van der Waals surface area contributed by atoms with Crippen LogP contribution in [0.1, 0.15) is 43.7 Å². The molecule has 2 saturated carbocycles. The van der Waals surface area contributed by atoms with Crippen molar-refractivity contribution in [2.24, 2.45) is 5.92 Å². The summed E-state index contributed by atoms with van der Waals surface area (Å²) in [5.74, 6) is 1.06. The fraction of sp³-hybridized carbons (Fsp3) is 0.588. The topological polar surface area (TPSA) is 32.3 Å². The van der Waals surface area contributed by atoms with Crippen LogP contribution in [0.25, 0.3) is 0 Å². The third kappa shape index (κ3) is 2.35. The van der Waals surface area contributed by atoms with Crippen molar-refractivity contribution in [1.82, 2.24) is 10.2 Å². The Kier molecular flexibility index (Phi) is 3.03. The fourth-order valence-corrected chi connectivity index (χ4v) is 3.42. The fourth-order valence-electron chi connectivity index (χ4n) is 3.42. The summed E-state index contributed by atoms with van der Waals surface area (Å²) < 4.78 is 0. The van der Waals surface area contributed by atoms with Gasteiger partial charge < -0.3 is 4.90 Å². The van der Waals surface area contributed by atoms with Crippen LogP contribution in [0.3, 0.4) is 0 Å². The van der Waals surface area contributed by atoms with E-state index in [2.05, 4.69) is 40.5 Å². The standard InChI is InChI=1S/C17H22N2O/c20-17-15(10-11-19(17)14-8-9-14)18-16(13-6-7-13)12-4-2-1-3-5-12/h1-5,13-16,18H,6-11H2/t15-,16+/m1/s1. The molecule has 1 amide bonds. The zero-order valence-corrected chi connectivity index (χ0v) is 11.8. The van der Waals surface area contributed by atoms with Crippen LogP contribution in [0, 0.1) is 5.92 Å². The number of benzene rings is 1. The minimum absolute atomic E-state index is 0.0430. The van der Waals surface area contributed by atoms with Crippen molar-refractivity contribution in [2.75, 3.05) is 6.54 Å². The van der Waals surface area contributed by atoms with Crippen molar-refractivity contribution in [3.8, 4) is 0 Å². The maximum absolute atomic E-state index is 12.5. The van der Waals surface area contributed by atoms with Gasteiger partial charge in [0.1, 0.15) is 0 Å². The average Bonchev–Trinajstić information content (AvgIpc) is 3.37. The molecule has 3 aliphatic rings. The van der Waals surface area contributed by atoms with Gasteiger partial charge in [-0.3, -0.25) is 10.1 Å². The van der Waals surface area contributed by atoms with Crippen LogP contribution in [0.4, 0.5) is 0 Å². The molecule has 3 heteroatoms. The van der Waals surface area contributed by atoms with Crippen molar-refractivity contribution < 1.29 is 4.79 Å². The van der Waals surface area contributed by atoms with E-state index in [1.807, 2.05) is 0 Å². The highest BCUT2D eigenvalue weighted by molar-refractivity contribution is 5.84. The molecule has 1 saturated heterocycles. The molecule has 3 fully saturated rings. The van der Waals surface area contributed by atoms with Crippen molar-refractivity contribution in [3.05, 3.63) is 35.9 Å². The predicted molar refractivity (Wildman–Crippen MR) is 78.2 cm³/mol. The summed E-state index contributed by atoms with van der Waals surface area (Å²) in [6.07, 6.45) is 5.98. The third-order valence-corrected chi connectivity index (χ3v) is 4.86. The molecule has 106 valence electrons. The molecule has 4 rings (SSSR count). The number of amides is 1. The van der Waals surface area contributed by atoms with Gasteiger partial charge in [-0.05, 0) is 43.6 Å². The van der Waals surface area contributed by atoms with E-state index in [4.69, 9.17) is 0 Å². The van der Waals surface area contributed by atoms with E-state index in [0.717, 1.165) is 18.9 Å². The molecule has 2 aliphatic carbocycles. The first kappa shape index (κ1) is 12.4. The maximum atomic E-state index is 12.5. The lowest BCUT2D eigenvalue weighted by molar-refractivity contribution is -0.130. The number of rotatable bonds is 5. The number of hydrogen-bond donors (Lipinski definition) is 1. The molecule has 0 unspecified atom stereocenters. The minimum atomic E-state index is 0.0430. The summed E-state index contributed by atoms with van der Waals surface area (Å²) in [6, 6.07) is 11.6. The molecule has 1 N–H and O–H groups in total. The molecule has 0 aromatic heterocycles. The number of nitrogens with zero attached hydrogens (tertiary/aromatic N) is 1. The van der Waals surface area contributed by atoms with E-state index in [1.54, 1.807) is 0 Å². The van der Waals surface area contributed by atoms with Crippen LogP contribution in [0.5, 0.6) is 0 Å². The predicted octanol–water partition coefficient (Wildman–Crippen LogP) is 2.49. The number of likely N-dealkylation sites (tertiary alicyclic amines) is 1. The summed E-state index contributed by atoms with van der Waals surface area (Å²) in [4.78, 5) is 14.6. The summed E-state index contributed by atoms with van der Waals surface area (Å²) in [5, 5.41) is 3.67. The van der Waals surface area contributed by atoms with Crippen LogP contribution in [-0.2, 0) is 4.79 Å². The van der Waals surface area contributed by atoms with Gasteiger partial charge in [0, 0.05) is 18.6 Å². The Bertz CT molecular complexity index is 493. The molecular weight excluding hydrogens is 248 g/mol. The maximum Gasteiger partial charge on any atom is 0.240 e. The Morgan fingerprint density at radius 1 is 1.05 bits per heavy atom. The van der Waals surface area contributed by atoms with E-state index in [1.165, 1.54) is 31.2 Å². The molecule has 2 atom stereocenters. The lowest BCUT2D eigenvalue weighted by Gasteiger charge is -2.23. The molecule has 0 radical (unpaired) electrons. The van der Waals surface area contributed by atoms with E-state index in [-0.39, 0.29) is 6.04 Å². The molecule has 3 nitrogen and oxygen atoms in total. The van der Waals surface area contributed by atoms with Gasteiger partial charge in [-0.15, -0.1) is 0 Å². The second kappa shape index (κ2) is 4.88. The highest BCUT2D eigenvalue weighted by Crippen LogP contribution is 2.42.